The summed E-state index contributed by atoms with van der Waals surface area (Å²) in [6.45, 7) is 0.970. The Labute approximate surface area is 141 Å². The van der Waals surface area contributed by atoms with Gasteiger partial charge >= 0.3 is 6.09 Å². The van der Waals surface area contributed by atoms with E-state index >= 15 is 0 Å². The summed E-state index contributed by atoms with van der Waals surface area (Å²) >= 11 is 12.0. The van der Waals surface area contributed by atoms with Gasteiger partial charge in [0.05, 0.1) is 16.1 Å². The first-order valence-electron chi connectivity index (χ1n) is 6.61. The van der Waals surface area contributed by atoms with Crippen LogP contribution in [0.4, 0.5) is 16.4 Å². The highest BCUT2D eigenvalue weighted by Gasteiger charge is 2.35. The number of hydrogen-bond donors (Lipinski definition) is 3. The van der Waals surface area contributed by atoms with Crippen molar-refractivity contribution < 1.29 is 9.90 Å². The molecule has 0 spiro atoms. The van der Waals surface area contributed by atoms with Crippen molar-refractivity contribution in [1.29, 1.82) is 0 Å². The van der Waals surface area contributed by atoms with Crippen LogP contribution in [0.1, 0.15) is 0 Å². The molecule has 1 fully saturated rings. The number of pyridine rings is 1. The van der Waals surface area contributed by atoms with E-state index in [2.05, 4.69) is 20.4 Å². The highest BCUT2D eigenvalue weighted by atomic mass is 35.5. The van der Waals surface area contributed by atoms with Crippen LogP contribution in [0.25, 0.3) is 11.2 Å². The van der Waals surface area contributed by atoms with Gasteiger partial charge in [-0.05, 0) is 0 Å². The van der Waals surface area contributed by atoms with Crippen LogP contribution in [-0.4, -0.2) is 57.2 Å². The smallest absolute Gasteiger partial charge is 0.407 e. The molecule has 1 saturated heterocycles. The number of halogens is 2. The lowest BCUT2D eigenvalue weighted by molar-refractivity contribution is 0.130. The summed E-state index contributed by atoms with van der Waals surface area (Å²) in [5.74, 6) is 6.32. The number of aromatic nitrogens is 3. The Bertz CT molecular complexity index is 782. The number of nitrogens with one attached hydrogen (secondary N) is 1. The number of amides is 1. The van der Waals surface area contributed by atoms with Gasteiger partial charge in [-0.2, -0.15) is 0 Å². The van der Waals surface area contributed by atoms with Crippen molar-refractivity contribution in [2.45, 2.75) is 6.04 Å². The summed E-state index contributed by atoms with van der Waals surface area (Å²) < 4.78 is 0. The zero-order valence-corrected chi connectivity index (χ0v) is 13.5. The largest absolute Gasteiger partial charge is 0.465 e. The molecule has 1 amide bonds. The summed E-state index contributed by atoms with van der Waals surface area (Å²) in [5.41, 5.74) is 3.16. The van der Waals surface area contributed by atoms with Crippen LogP contribution in [0.15, 0.2) is 6.20 Å². The molecule has 1 aliphatic rings. The first-order valence-corrected chi connectivity index (χ1v) is 7.37. The molecule has 11 heteroatoms. The molecule has 2 aromatic heterocycles. The van der Waals surface area contributed by atoms with Crippen LogP contribution >= 0.6 is 23.2 Å². The number of nitrogens with two attached hydrogens (primary N) is 1. The van der Waals surface area contributed by atoms with Gasteiger partial charge in [0.1, 0.15) is 5.52 Å². The molecule has 23 heavy (non-hydrogen) atoms. The molecule has 0 aliphatic carbocycles. The van der Waals surface area contributed by atoms with Gasteiger partial charge in [-0.15, -0.1) is 0 Å². The number of likely N-dealkylation sites (N-methyl/N-ethyl adjacent to an activating group) is 1. The van der Waals surface area contributed by atoms with Crippen LogP contribution < -0.4 is 16.2 Å². The van der Waals surface area contributed by atoms with Gasteiger partial charge in [-0.3, -0.25) is 0 Å². The number of rotatable bonds is 3. The minimum Gasteiger partial charge on any atom is -0.465 e. The fraction of sp³-hybridized carbons (Fsp3) is 0.333. The van der Waals surface area contributed by atoms with Crippen LogP contribution in [0.2, 0.25) is 10.0 Å². The number of fused-ring (bicyclic) bond motifs is 1. The van der Waals surface area contributed by atoms with E-state index in [1.807, 2.05) is 4.90 Å². The molecule has 0 radical (unpaired) electrons. The first kappa shape index (κ1) is 15.8. The lowest BCUT2D eigenvalue weighted by Gasteiger charge is -2.43. The number of carboxylic acid groups (broad SMARTS) is 1. The Morgan fingerprint density at radius 1 is 1.48 bits per heavy atom. The van der Waals surface area contributed by atoms with Crippen molar-refractivity contribution in [3.63, 3.8) is 0 Å². The standard InChI is InChI=1S/C12H13Cl2N7O2/c1-20(12(22)23)5-3-21(4-5)11-10(19-15)17-8-7(14)6(13)2-16-9(8)18-11/h2,5H,3-4,15H2,1H3,(H,17,19)(H,22,23). The number of nitrogen functional groups attached to an aromatic ring is 1. The molecule has 9 nitrogen and oxygen atoms in total. The lowest BCUT2D eigenvalue weighted by Crippen LogP contribution is -2.60. The third kappa shape index (κ3) is 2.67. The summed E-state index contributed by atoms with van der Waals surface area (Å²) in [6, 6.07) is -0.114. The van der Waals surface area contributed by atoms with Crippen LogP contribution in [0.3, 0.4) is 0 Å². The minimum atomic E-state index is -0.973. The van der Waals surface area contributed by atoms with E-state index in [4.69, 9.17) is 34.2 Å². The molecule has 0 saturated carbocycles. The van der Waals surface area contributed by atoms with Gasteiger partial charge in [0, 0.05) is 26.3 Å². The maximum absolute atomic E-state index is 11.0. The summed E-state index contributed by atoms with van der Waals surface area (Å²) in [6.07, 6.45) is 0.427. The van der Waals surface area contributed by atoms with Crippen molar-refractivity contribution in [3.05, 3.63) is 16.2 Å². The lowest BCUT2D eigenvalue weighted by atomic mass is 10.1. The molecule has 0 atom stereocenters. The zero-order chi connectivity index (χ0) is 16.7. The van der Waals surface area contributed by atoms with Gasteiger partial charge in [-0.25, -0.2) is 25.6 Å². The van der Waals surface area contributed by atoms with Gasteiger partial charge in [0.2, 0.25) is 0 Å². The summed E-state index contributed by atoms with van der Waals surface area (Å²) in [5, 5.41) is 9.51. The Morgan fingerprint density at radius 3 is 2.78 bits per heavy atom. The molecular formula is C12H13Cl2N7O2. The van der Waals surface area contributed by atoms with E-state index in [0.717, 1.165) is 0 Å². The zero-order valence-electron chi connectivity index (χ0n) is 12.0. The van der Waals surface area contributed by atoms with E-state index in [9.17, 15) is 4.79 Å². The molecular weight excluding hydrogens is 345 g/mol. The SMILES string of the molecule is CN(C(=O)O)C1CN(c2nc3ncc(Cl)c(Cl)c3nc2NN)C1. The Balaban J connectivity index is 1.93. The monoisotopic (exact) mass is 357 g/mol. The molecule has 0 bridgehead atoms. The topological polar surface area (TPSA) is 120 Å². The first-order chi connectivity index (χ1) is 10.9. The second-order valence-electron chi connectivity index (χ2n) is 5.08. The average molecular weight is 358 g/mol. The fourth-order valence-electron chi connectivity index (χ4n) is 2.29. The predicted molar refractivity (Wildman–Crippen MR) is 87.0 cm³/mol. The van der Waals surface area contributed by atoms with Crippen molar-refractivity contribution in [1.82, 2.24) is 19.9 Å². The second-order valence-corrected chi connectivity index (χ2v) is 5.87. The van der Waals surface area contributed by atoms with E-state index < -0.39 is 6.09 Å². The molecule has 122 valence electrons. The second kappa shape index (κ2) is 5.84. The van der Waals surface area contributed by atoms with E-state index in [-0.39, 0.29) is 16.1 Å². The van der Waals surface area contributed by atoms with Crippen LogP contribution in [-0.2, 0) is 0 Å². The Morgan fingerprint density at radius 2 is 2.17 bits per heavy atom. The van der Waals surface area contributed by atoms with Crippen LogP contribution in [0, 0.1) is 0 Å². The number of hydrogen-bond acceptors (Lipinski definition) is 7. The molecule has 1 aliphatic heterocycles. The van der Waals surface area contributed by atoms with Gasteiger partial charge in [0.15, 0.2) is 17.3 Å². The highest BCUT2D eigenvalue weighted by Crippen LogP contribution is 2.33. The molecule has 2 aromatic rings. The number of nitrogens with zero attached hydrogens (tertiary/aromatic N) is 5. The molecule has 3 rings (SSSR count). The Kier molecular flexibility index (Phi) is 4.00. The number of hydrazine groups is 1. The number of carbonyl (C=O) groups is 1. The van der Waals surface area contributed by atoms with E-state index in [1.165, 1.54) is 18.1 Å². The molecule has 3 heterocycles. The molecule has 0 aromatic carbocycles. The number of anilines is 2. The van der Waals surface area contributed by atoms with E-state index in [0.29, 0.717) is 35.9 Å². The normalized spacial score (nSPS) is 14.7. The minimum absolute atomic E-state index is 0.114. The quantitative estimate of drug-likeness (QED) is 0.556. The highest BCUT2D eigenvalue weighted by molar-refractivity contribution is 6.44. The van der Waals surface area contributed by atoms with Crippen molar-refractivity contribution >= 4 is 52.1 Å². The molecule has 0 unspecified atom stereocenters. The predicted octanol–water partition coefficient (Wildman–Crippen LogP) is 1.42. The van der Waals surface area contributed by atoms with Crippen LogP contribution in [0.5, 0.6) is 0 Å². The fourth-order valence-corrected chi connectivity index (χ4v) is 2.60. The van der Waals surface area contributed by atoms with Crippen molar-refractivity contribution in [3.8, 4) is 0 Å². The van der Waals surface area contributed by atoms with Gasteiger partial charge in [0.25, 0.3) is 0 Å². The molecule has 4 N–H and O–H groups in total. The summed E-state index contributed by atoms with van der Waals surface area (Å²) in [7, 11) is 1.53. The van der Waals surface area contributed by atoms with E-state index in [1.54, 1.807) is 0 Å². The maximum Gasteiger partial charge on any atom is 0.407 e. The summed E-state index contributed by atoms with van der Waals surface area (Å²) in [4.78, 5) is 26.9. The third-order valence-corrected chi connectivity index (χ3v) is 4.49. The van der Waals surface area contributed by atoms with Gasteiger partial charge < -0.3 is 20.3 Å². The maximum atomic E-state index is 11.0. The van der Waals surface area contributed by atoms with Crippen molar-refractivity contribution in [2.24, 2.45) is 5.84 Å². The van der Waals surface area contributed by atoms with Crippen molar-refractivity contribution in [2.75, 3.05) is 30.5 Å². The van der Waals surface area contributed by atoms with Gasteiger partial charge in [-0.1, -0.05) is 23.2 Å². The Hall–Kier alpha value is -2.10. The third-order valence-electron chi connectivity index (χ3n) is 3.72. The average Bonchev–Trinajstić information content (AvgIpc) is 2.49.